The molecule has 1 N–H and O–H groups in total. The van der Waals surface area contributed by atoms with Crippen LogP contribution in [0.5, 0.6) is 0 Å². The van der Waals surface area contributed by atoms with Gasteiger partial charge in [-0.15, -0.1) is 0 Å². The van der Waals surface area contributed by atoms with Crippen molar-refractivity contribution in [3.8, 4) is 11.1 Å². The lowest BCUT2D eigenvalue weighted by atomic mass is 9.95. The number of carbonyl (C=O) groups excluding carboxylic acids is 2. The molecule has 2 aromatic carbocycles. The van der Waals surface area contributed by atoms with E-state index in [9.17, 15) is 9.59 Å². The van der Waals surface area contributed by atoms with E-state index in [4.69, 9.17) is 0 Å². The van der Waals surface area contributed by atoms with Gasteiger partial charge in [0, 0.05) is 38.0 Å². The fourth-order valence-corrected chi connectivity index (χ4v) is 5.22. The van der Waals surface area contributed by atoms with Crippen LogP contribution >= 0.6 is 0 Å². The lowest BCUT2D eigenvalue weighted by Crippen LogP contribution is -2.43. The van der Waals surface area contributed by atoms with Crippen LogP contribution < -0.4 is 5.32 Å². The van der Waals surface area contributed by atoms with E-state index in [1.54, 1.807) is 0 Å². The molecule has 0 unspecified atom stereocenters. The molecule has 5 nitrogen and oxygen atoms in total. The van der Waals surface area contributed by atoms with Crippen LogP contribution in [-0.2, 0) is 22.7 Å². The van der Waals surface area contributed by atoms with Crippen LogP contribution in [0.1, 0.15) is 49.7 Å². The van der Waals surface area contributed by atoms with Crippen LogP contribution in [0.25, 0.3) is 11.1 Å². The summed E-state index contributed by atoms with van der Waals surface area (Å²) in [7, 11) is 0. The largest absolute Gasteiger partial charge is 0.352 e. The van der Waals surface area contributed by atoms with Crippen LogP contribution in [-0.4, -0.2) is 47.8 Å². The Bertz CT molecular complexity index is 969. The van der Waals surface area contributed by atoms with Crippen molar-refractivity contribution < 1.29 is 9.59 Å². The van der Waals surface area contributed by atoms with Gasteiger partial charge in [0.05, 0.1) is 0 Å². The molecule has 2 aliphatic heterocycles. The van der Waals surface area contributed by atoms with Crippen LogP contribution in [0.15, 0.2) is 48.5 Å². The molecule has 3 fully saturated rings. The Hall–Kier alpha value is -2.66. The monoisotopic (exact) mass is 445 g/mol. The van der Waals surface area contributed by atoms with Gasteiger partial charge >= 0.3 is 0 Å². The first-order chi connectivity index (χ1) is 16.2. The minimum Gasteiger partial charge on any atom is -0.352 e. The highest BCUT2D eigenvalue weighted by atomic mass is 16.2. The van der Waals surface area contributed by atoms with Gasteiger partial charge in [0.25, 0.3) is 0 Å². The van der Waals surface area contributed by atoms with E-state index in [1.807, 2.05) is 11.0 Å². The van der Waals surface area contributed by atoms with Gasteiger partial charge in [0.15, 0.2) is 0 Å². The van der Waals surface area contributed by atoms with E-state index in [-0.39, 0.29) is 17.7 Å². The number of carbonyl (C=O) groups is 2. The molecule has 0 atom stereocenters. The highest BCUT2D eigenvalue weighted by molar-refractivity contribution is 5.82. The summed E-state index contributed by atoms with van der Waals surface area (Å²) in [5.41, 5.74) is 4.87. The molecule has 5 rings (SSSR count). The Morgan fingerprint density at radius 2 is 1.52 bits per heavy atom. The molecule has 3 aliphatic rings. The van der Waals surface area contributed by atoms with Gasteiger partial charge in [-0.3, -0.25) is 14.5 Å². The Morgan fingerprint density at radius 1 is 0.818 bits per heavy atom. The molecule has 2 amide bonds. The average molecular weight is 446 g/mol. The van der Waals surface area contributed by atoms with Crippen LogP contribution in [0, 0.1) is 11.8 Å². The van der Waals surface area contributed by atoms with Crippen molar-refractivity contribution in [1.29, 1.82) is 0 Å². The van der Waals surface area contributed by atoms with Crippen molar-refractivity contribution in [1.82, 2.24) is 15.1 Å². The van der Waals surface area contributed by atoms with Crippen molar-refractivity contribution in [2.75, 3.05) is 26.2 Å². The summed E-state index contributed by atoms with van der Waals surface area (Å²) in [5.74, 6) is 0.685. The molecule has 1 aliphatic carbocycles. The van der Waals surface area contributed by atoms with Crippen molar-refractivity contribution in [2.24, 2.45) is 11.8 Å². The number of nitrogens with zero attached hydrogens (tertiary/aromatic N) is 2. The first-order valence-corrected chi connectivity index (χ1v) is 12.6. The number of amides is 2. The van der Waals surface area contributed by atoms with Crippen LogP contribution in [0.2, 0.25) is 0 Å². The Labute approximate surface area is 197 Å². The number of rotatable bonds is 7. The third kappa shape index (κ3) is 5.47. The minimum atomic E-state index is 0.00489. The molecule has 0 radical (unpaired) electrons. The second-order valence-corrected chi connectivity index (χ2v) is 9.93. The Balaban J connectivity index is 1.16. The summed E-state index contributed by atoms with van der Waals surface area (Å²) in [5, 5.41) is 3.17. The first kappa shape index (κ1) is 22.1. The average Bonchev–Trinajstić information content (AvgIpc) is 3.59. The molecule has 5 heteroatoms. The predicted molar refractivity (Wildman–Crippen MR) is 130 cm³/mol. The van der Waals surface area contributed by atoms with Crippen molar-refractivity contribution >= 4 is 11.8 Å². The van der Waals surface area contributed by atoms with E-state index in [0.29, 0.717) is 25.5 Å². The number of hydrogen-bond acceptors (Lipinski definition) is 3. The van der Waals surface area contributed by atoms with Gasteiger partial charge in [-0.05, 0) is 73.9 Å². The fraction of sp³-hybridized carbons (Fsp3) is 0.500. The van der Waals surface area contributed by atoms with E-state index >= 15 is 0 Å². The van der Waals surface area contributed by atoms with Gasteiger partial charge in [-0.2, -0.15) is 0 Å². The lowest BCUT2D eigenvalue weighted by molar-refractivity contribution is -0.136. The zero-order chi connectivity index (χ0) is 22.6. The van der Waals surface area contributed by atoms with Crippen molar-refractivity contribution in [3.63, 3.8) is 0 Å². The molecule has 2 aromatic rings. The highest BCUT2D eigenvalue weighted by Crippen LogP contribution is 2.32. The molecule has 2 saturated heterocycles. The van der Waals surface area contributed by atoms with Gasteiger partial charge in [0.1, 0.15) is 0 Å². The number of piperidine rings is 1. The summed E-state index contributed by atoms with van der Waals surface area (Å²) in [6.07, 6.45) is 6.25. The zero-order valence-corrected chi connectivity index (χ0v) is 19.5. The van der Waals surface area contributed by atoms with Crippen LogP contribution in [0.3, 0.4) is 0 Å². The molecule has 33 heavy (non-hydrogen) atoms. The van der Waals surface area contributed by atoms with Crippen molar-refractivity contribution in [2.45, 2.75) is 51.6 Å². The smallest absolute Gasteiger partial charge is 0.225 e. The maximum absolute atomic E-state index is 12.8. The summed E-state index contributed by atoms with van der Waals surface area (Å²) >= 11 is 0. The zero-order valence-electron chi connectivity index (χ0n) is 19.5. The van der Waals surface area contributed by atoms with E-state index in [1.165, 1.54) is 42.6 Å². The second-order valence-electron chi connectivity index (χ2n) is 9.93. The molecular weight excluding hydrogens is 410 g/mol. The van der Waals surface area contributed by atoms with Gasteiger partial charge in [-0.1, -0.05) is 48.5 Å². The fourth-order valence-electron chi connectivity index (χ4n) is 5.22. The number of nitrogens with one attached hydrogen (secondary N) is 1. The van der Waals surface area contributed by atoms with Crippen LogP contribution in [0.4, 0.5) is 0 Å². The quantitative estimate of drug-likeness (QED) is 0.695. The van der Waals surface area contributed by atoms with Gasteiger partial charge in [-0.25, -0.2) is 0 Å². The number of hydrogen-bond donors (Lipinski definition) is 1. The minimum absolute atomic E-state index is 0.00489. The normalized spacial score (nSPS) is 19.6. The SMILES string of the molecule is O=C(NCc1ccccc1-c1ccc(CN2CCCC2)cc1)C1CCN(C(=O)C2CC2)CC1. The molecular formula is C28H35N3O2. The highest BCUT2D eigenvalue weighted by Gasteiger charge is 2.35. The topological polar surface area (TPSA) is 52.7 Å². The first-order valence-electron chi connectivity index (χ1n) is 12.6. The Kier molecular flexibility index (Phi) is 6.77. The second kappa shape index (κ2) is 10.1. The lowest BCUT2D eigenvalue weighted by Gasteiger charge is -2.31. The van der Waals surface area contributed by atoms with E-state index < -0.39 is 0 Å². The van der Waals surface area contributed by atoms with E-state index in [0.717, 1.165) is 37.8 Å². The Morgan fingerprint density at radius 3 is 2.21 bits per heavy atom. The molecule has 0 aromatic heterocycles. The molecule has 174 valence electrons. The third-order valence-corrected chi connectivity index (χ3v) is 7.44. The summed E-state index contributed by atoms with van der Waals surface area (Å²) < 4.78 is 0. The standard InChI is InChI=1S/C28H35N3O2/c32-27(23-13-17-31(18-14-23)28(33)24-11-12-24)29-19-25-5-1-2-6-26(25)22-9-7-21(8-10-22)20-30-15-3-4-16-30/h1-2,5-10,23-24H,3-4,11-20H2,(H,29,32). The predicted octanol–water partition coefficient (Wildman–Crippen LogP) is 4.21. The molecule has 1 saturated carbocycles. The van der Waals surface area contributed by atoms with Gasteiger partial charge in [0.2, 0.25) is 11.8 Å². The maximum atomic E-state index is 12.8. The van der Waals surface area contributed by atoms with Gasteiger partial charge < -0.3 is 10.2 Å². The van der Waals surface area contributed by atoms with E-state index in [2.05, 4.69) is 52.7 Å². The number of likely N-dealkylation sites (tertiary alicyclic amines) is 2. The third-order valence-electron chi connectivity index (χ3n) is 7.44. The molecule has 0 spiro atoms. The summed E-state index contributed by atoms with van der Waals surface area (Å²) in [6.45, 7) is 5.41. The summed E-state index contributed by atoms with van der Waals surface area (Å²) in [6, 6.07) is 17.2. The van der Waals surface area contributed by atoms with Crippen molar-refractivity contribution in [3.05, 3.63) is 59.7 Å². The summed E-state index contributed by atoms with van der Waals surface area (Å²) in [4.78, 5) is 29.6. The molecule has 0 bridgehead atoms. The molecule has 2 heterocycles. The number of benzene rings is 2. The maximum Gasteiger partial charge on any atom is 0.225 e.